The van der Waals surface area contributed by atoms with Gasteiger partial charge in [0.15, 0.2) is 0 Å². The Kier molecular flexibility index (Phi) is 6.30. The largest absolute Gasteiger partial charge is 0.351 e. The normalized spacial score (nSPS) is 11.2. The highest BCUT2D eigenvalue weighted by Crippen LogP contribution is 2.09. The predicted octanol–water partition coefficient (Wildman–Crippen LogP) is 2.21. The first-order chi connectivity index (χ1) is 11.3. The lowest BCUT2D eigenvalue weighted by Gasteiger charge is -2.08. The maximum Gasteiger partial charge on any atom is 0.235 e. The van der Waals surface area contributed by atoms with Gasteiger partial charge in [-0.05, 0) is 35.4 Å². The Morgan fingerprint density at radius 1 is 1.00 bits per heavy atom. The smallest absolute Gasteiger partial charge is 0.235 e. The molecule has 0 radical (unpaired) electrons. The summed E-state index contributed by atoms with van der Waals surface area (Å²) < 4.78 is 38.8. The van der Waals surface area contributed by atoms with Crippen molar-refractivity contribution in [1.82, 2.24) is 10.0 Å². The maximum atomic E-state index is 12.8. The van der Waals surface area contributed by atoms with Crippen molar-refractivity contribution in [2.24, 2.45) is 0 Å². The van der Waals surface area contributed by atoms with E-state index in [0.29, 0.717) is 10.6 Å². The Balaban J connectivity index is 1.79. The third-order valence-electron chi connectivity index (χ3n) is 3.13. The number of halogens is 2. The lowest BCUT2D eigenvalue weighted by molar-refractivity contribution is -0.120. The van der Waals surface area contributed by atoms with Crippen LogP contribution in [-0.2, 0) is 27.1 Å². The molecule has 0 unspecified atom stereocenters. The van der Waals surface area contributed by atoms with Gasteiger partial charge in [0.25, 0.3) is 0 Å². The highest BCUT2D eigenvalue weighted by atomic mass is 35.5. The molecule has 0 saturated heterocycles. The predicted molar refractivity (Wildman–Crippen MR) is 90.3 cm³/mol. The van der Waals surface area contributed by atoms with Crippen LogP contribution in [0.25, 0.3) is 0 Å². The lowest BCUT2D eigenvalue weighted by Crippen LogP contribution is -2.37. The van der Waals surface area contributed by atoms with Crippen LogP contribution in [-0.4, -0.2) is 20.9 Å². The molecular formula is C16H16ClFN2O3S. The molecule has 24 heavy (non-hydrogen) atoms. The molecule has 2 N–H and O–H groups in total. The monoisotopic (exact) mass is 370 g/mol. The van der Waals surface area contributed by atoms with E-state index in [1.807, 2.05) is 0 Å². The standard InChI is InChI=1S/C16H16ClFN2O3S/c17-14-5-1-12(2-6-14)9-19-16(21)10-20-24(22,23)11-13-3-7-15(18)8-4-13/h1-8,20H,9-11H2,(H,19,21). The van der Waals surface area contributed by atoms with Gasteiger partial charge >= 0.3 is 0 Å². The molecule has 0 spiro atoms. The zero-order valence-corrected chi connectivity index (χ0v) is 14.2. The van der Waals surface area contributed by atoms with Crippen LogP contribution in [0.15, 0.2) is 48.5 Å². The Morgan fingerprint density at radius 3 is 2.21 bits per heavy atom. The highest BCUT2D eigenvalue weighted by Gasteiger charge is 2.13. The SMILES string of the molecule is O=C(CNS(=O)(=O)Cc1ccc(F)cc1)NCc1ccc(Cl)cc1. The first kappa shape index (κ1) is 18.4. The molecule has 2 rings (SSSR count). The summed E-state index contributed by atoms with van der Waals surface area (Å²) in [5, 5.41) is 3.20. The third-order valence-corrected chi connectivity index (χ3v) is 4.68. The van der Waals surface area contributed by atoms with Crippen molar-refractivity contribution in [2.45, 2.75) is 12.3 Å². The van der Waals surface area contributed by atoms with Crippen molar-refractivity contribution in [3.05, 3.63) is 70.5 Å². The molecule has 0 atom stereocenters. The van der Waals surface area contributed by atoms with E-state index >= 15 is 0 Å². The Morgan fingerprint density at radius 2 is 1.58 bits per heavy atom. The van der Waals surface area contributed by atoms with E-state index in [1.165, 1.54) is 24.3 Å². The molecule has 8 heteroatoms. The Bertz CT molecular complexity index is 793. The van der Waals surface area contributed by atoms with Crippen molar-refractivity contribution in [1.29, 1.82) is 0 Å². The second-order valence-electron chi connectivity index (χ2n) is 5.11. The quantitative estimate of drug-likeness (QED) is 0.784. The van der Waals surface area contributed by atoms with Gasteiger partial charge in [0.1, 0.15) is 5.82 Å². The van der Waals surface area contributed by atoms with Crippen LogP contribution in [0.2, 0.25) is 5.02 Å². The molecule has 0 aromatic heterocycles. The Hall–Kier alpha value is -1.96. The topological polar surface area (TPSA) is 75.3 Å². The number of hydrogen-bond donors (Lipinski definition) is 2. The van der Waals surface area contributed by atoms with Gasteiger partial charge < -0.3 is 5.32 Å². The van der Waals surface area contributed by atoms with E-state index < -0.39 is 21.7 Å². The van der Waals surface area contributed by atoms with Crippen molar-refractivity contribution in [2.75, 3.05) is 6.54 Å². The summed E-state index contributed by atoms with van der Waals surface area (Å²) in [6.45, 7) is -0.0905. The second kappa shape index (κ2) is 8.23. The fourth-order valence-corrected chi connectivity index (χ4v) is 3.10. The molecule has 0 heterocycles. The van der Waals surface area contributed by atoms with E-state index in [1.54, 1.807) is 24.3 Å². The van der Waals surface area contributed by atoms with E-state index in [2.05, 4.69) is 10.0 Å². The fourth-order valence-electron chi connectivity index (χ4n) is 1.89. The molecule has 0 saturated carbocycles. The van der Waals surface area contributed by atoms with Crippen LogP contribution in [0.5, 0.6) is 0 Å². The molecule has 128 valence electrons. The average Bonchev–Trinajstić information content (AvgIpc) is 2.54. The maximum absolute atomic E-state index is 12.8. The zero-order valence-electron chi connectivity index (χ0n) is 12.6. The van der Waals surface area contributed by atoms with Crippen molar-refractivity contribution in [3.63, 3.8) is 0 Å². The molecule has 0 bridgehead atoms. The zero-order chi connectivity index (χ0) is 17.6. The molecule has 0 aliphatic heterocycles. The molecule has 5 nitrogen and oxygen atoms in total. The van der Waals surface area contributed by atoms with E-state index in [-0.39, 0.29) is 18.8 Å². The molecular weight excluding hydrogens is 355 g/mol. The van der Waals surface area contributed by atoms with Crippen LogP contribution >= 0.6 is 11.6 Å². The summed E-state index contributed by atoms with van der Waals surface area (Å²) >= 11 is 5.76. The van der Waals surface area contributed by atoms with Gasteiger partial charge in [-0.2, -0.15) is 0 Å². The summed E-state index contributed by atoms with van der Waals surface area (Å²) in [4.78, 5) is 11.7. The van der Waals surface area contributed by atoms with Crippen LogP contribution in [0, 0.1) is 5.82 Å². The van der Waals surface area contributed by atoms with Gasteiger partial charge in [-0.3, -0.25) is 4.79 Å². The van der Waals surface area contributed by atoms with Gasteiger partial charge in [0.2, 0.25) is 15.9 Å². The summed E-state index contributed by atoms with van der Waals surface area (Å²) in [7, 11) is -3.68. The van der Waals surface area contributed by atoms with E-state index in [9.17, 15) is 17.6 Å². The number of nitrogens with one attached hydrogen (secondary N) is 2. The molecule has 2 aromatic carbocycles. The minimum atomic E-state index is -3.68. The first-order valence-corrected chi connectivity index (χ1v) is 9.10. The van der Waals surface area contributed by atoms with Crippen LogP contribution in [0.4, 0.5) is 4.39 Å². The number of carbonyl (C=O) groups is 1. The molecule has 0 fully saturated rings. The number of sulfonamides is 1. The van der Waals surface area contributed by atoms with Gasteiger partial charge in [-0.15, -0.1) is 0 Å². The number of amides is 1. The third kappa shape index (κ3) is 6.27. The van der Waals surface area contributed by atoms with Crippen molar-refractivity contribution < 1.29 is 17.6 Å². The van der Waals surface area contributed by atoms with E-state index in [4.69, 9.17) is 11.6 Å². The average molecular weight is 371 g/mol. The van der Waals surface area contributed by atoms with Crippen molar-refractivity contribution >= 4 is 27.5 Å². The fraction of sp³-hybridized carbons (Fsp3) is 0.188. The van der Waals surface area contributed by atoms with Gasteiger partial charge in [0, 0.05) is 11.6 Å². The number of rotatable bonds is 7. The van der Waals surface area contributed by atoms with Gasteiger partial charge in [-0.1, -0.05) is 35.9 Å². The molecule has 0 aliphatic rings. The lowest BCUT2D eigenvalue weighted by atomic mass is 10.2. The minimum absolute atomic E-state index is 0.274. The summed E-state index contributed by atoms with van der Waals surface area (Å²) in [5.74, 6) is -1.21. The Labute approximate surface area is 144 Å². The van der Waals surface area contributed by atoms with Crippen molar-refractivity contribution in [3.8, 4) is 0 Å². The summed E-state index contributed by atoms with van der Waals surface area (Å²) in [6, 6.07) is 12.1. The van der Waals surface area contributed by atoms with Crippen LogP contribution in [0.1, 0.15) is 11.1 Å². The van der Waals surface area contributed by atoms with Gasteiger partial charge in [-0.25, -0.2) is 17.5 Å². The van der Waals surface area contributed by atoms with Gasteiger partial charge in [0.05, 0.1) is 12.3 Å². The van der Waals surface area contributed by atoms with Crippen LogP contribution < -0.4 is 10.0 Å². The molecule has 1 amide bonds. The summed E-state index contributed by atoms with van der Waals surface area (Å²) in [5.41, 5.74) is 1.28. The minimum Gasteiger partial charge on any atom is -0.351 e. The second-order valence-corrected chi connectivity index (χ2v) is 7.35. The summed E-state index contributed by atoms with van der Waals surface area (Å²) in [6.07, 6.45) is 0. The molecule has 2 aromatic rings. The van der Waals surface area contributed by atoms with E-state index in [0.717, 1.165) is 5.56 Å². The highest BCUT2D eigenvalue weighted by molar-refractivity contribution is 7.88. The molecule has 0 aliphatic carbocycles. The number of carbonyl (C=O) groups excluding carboxylic acids is 1. The number of hydrogen-bond acceptors (Lipinski definition) is 3. The van der Waals surface area contributed by atoms with Crippen LogP contribution in [0.3, 0.4) is 0 Å². The number of benzene rings is 2. The first-order valence-electron chi connectivity index (χ1n) is 7.07.